The number of amides is 2. The van der Waals surface area contributed by atoms with E-state index in [9.17, 15) is 14.4 Å². The molecule has 7 heteroatoms. The molecule has 17 heavy (non-hydrogen) atoms. The highest BCUT2D eigenvalue weighted by Crippen LogP contribution is 2.05. The molecule has 0 aromatic rings. The average molecular weight is 246 g/mol. The molecule has 0 aromatic carbocycles. The Balaban J connectivity index is 4.40. The van der Waals surface area contributed by atoms with Gasteiger partial charge in [-0.25, -0.2) is 0 Å². The number of hydrogen-bond acceptors (Lipinski definition) is 4. The molecule has 98 valence electrons. The van der Waals surface area contributed by atoms with Gasteiger partial charge in [-0.05, 0) is 5.92 Å². The van der Waals surface area contributed by atoms with Crippen molar-refractivity contribution in [2.24, 2.45) is 11.7 Å². The Morgan fingerprint density at radius 3 is 2.35 bits per heavy atom. The van der Waals surface area contributed by atoms with Gasteiger partial charge in [-0.15, -0.1) is 0 Å². The van der Waals surface area contributed by atoms with Gasteiger partial charge in [0, 0.05) is 20.1 Å². The van der Waals surface area contributed by atoms with Crippen LogP contribution in [0.15, 0.2) is 0 Å². The van der Waals surface area contributed by atoms with E-state index in [-0.39, 0.29) is 18.9 Å². The van der Waals surface area contributed by atoms with Crippen LogP contribution in [-0.2, 0) is 19.1 Å². The van der Waals surface area contributed by atoms with Gasteiger partial charge < -0.3 is 20.5 Å². The molecule has 0 heterocycles. The number of aliphatic carboxylic acids is 1. The number of hydrogen-bond donors (Lipinski definition) is 2. The molecule has 7 nitrogen and oxygen atoms in total. The Morgan fingerprint density at radius 1 is 1.35 bits per heavy atom. The van der Waals surface area contributed by atoms with Crippen LogP contribution < -0.4 is 5.73 Å². The predicted molar refractivity (Wildman–Crippen MR) is 59.1 cm³/mol. The van der Waals surface area contributed by atoms with Crippen molar-refractivity contribution in [3.05, 3.63) is 0 Å². The number of nitrogens with two attached hydrogens (primary N) is 1. The molecule has 0 aromatic heterocycles. The number of nitrogens with zero attached hydrogens (tertiary/aromatic N) is 1. The van der Waals surface area contributed by atoms with Crippen LogP contribution in [0.25, 0.3) is 0 Å². The van der Waals surface area contributed by atoms with Gasteiger partial charge in [0.15, 0.2) is 0 Å². The average Bonchev–Trinajstić information content (AvgIpc) is 2.15. The number of carbonyl (C=O) groups is 3. The Kier molecular flexibility index (Phi) is 6.88. The van der Waals surface area contributed by atoms with E-state index in [2.05, 4.69) is 0 Å². The number of carboxylic acids is 1. The van der Waals surface area contributed by atoms with Crippen molar-refractivity contribution in [3.63, 3.8) is 0 Å². The maximum Gasteiger partial charge on any atom is 0.323 e. The van der Waals surface area contributed by atoms with Gasteiger partial charge in [0.05, 0.1) is 6.54 Å². The molecular weight excluding hydrogens is 228 g/mol. The Morgan fingerprint density at radius 2 is 1.94 bits per heavy atom. The predicted octanol–water partition coefficient (Wildman–Crippen LogP) is -0.942. The second kappa shape index (κ2) is 7.61. The molecular formula is C10H18N2O5. The van der Waals surface area contributed by atoms with Gasteiger partial charge in [-0.1, -0.05) is 6.92 Å². The molecule has 0 aliphatic heterocycles. The van der Waals surface area contributed by atoms with Gasteiger partial charge in [-0.3, -0.25) is 14.4 Å². The summed E-state index contributed by atoms with van der Waals surface area (Å²) < 4.78 is 4.87. The fourth-order valence-electron chi connectivity index (χ4n) is 1.35. The molecule has 0 radical (unpaired) electrons. The van der Waals surface area contributed by atoms with E-state index in [1.807, 2.05) is 0 Å². The standard InChI is InChI=1S/C10H18N2O5/c1-7(6-17-2)3-9(14)12(4-8(11)13)5-10(15)16/h7H,3-6H2,1-2H3,(H2,11,13)(H,15,16). The van der Waals surface area contributed by atoms with Gasteiger partial charge in [0.2, 0.25) is 11.8 Å². The third-order valence-corrected chi connectivity index (χ3v) is 2.00. The van der Waals surface area contributed by atoms with E-state index in [1.54, 1.807) is 6.92 Å². The smallest absolute Gasteiger partial charge is 0.323 e. The molecule has 2 amide bonds. The lowest BCUT2D eigenvalue weighted by Gasteiger charge is -2.20. The number of primary amides is 1. The van der Waals surface area contributed by atoms with Crippen molar-refractivity contribution >= 4 is 17.8 Å². The topological polar surface area (TPSA) is 110 Å². The largest absolute Gasteiger partial charge is 0.480 e. The van der Waals surface area contributed by atoms with Gasteiger partial charge in [0.25, 0.3) is 0 Å². The molecule has 1 atom stereocenters. The van der Waals surface area contributed by atoms with Crippen molar-refractivity contribution in [2.45, 2.75) is 13.3 Å². The first kappa shape index (κ1) is 15.4. The lowest BCUT2D eigenvalue weighted by Crippen LogP contribution is -2.42. The third-order valence-electron chi connectivity index (χ3n) is 2.00. The Labute approximate surface area is 99.5 Å². The lowest BCUT2D eigenvalue weighted by molar-refractivity contribution is -0.146. The zero-order valence-electron chi connectivity index (χ0n) is 10.0. The summed E-state index contributed by atoms with van der Waals surface area (Å²) in [5.41, 5.74) is 4.95. The highest BCUT2D eigenvalue weighted by molar-refractivity contribution is 5.86. The van der Waals surface area contributed by atoms with Gasteiger partial charge in [-0.2, -0.15) is 0 Å². The maximum absolute atomic E-state index is 11.7. The van der Waals surface area contributed by atoms with Crippen molar-refractivity contribution in [1.82, 2.24) is 4.90 Å². The van der Waals surface area contributed by atoms with Crippen LogP contribution in [0.2, 0.25) is 0 Å². The van der Waals surface area contributed by atoms with Crippen LogP contribution in [0, 0.1) is 5.92 Å². The quantitative estimate of drug-likeness (QED) is 0.574. The van der Waals surface area contributed by atoms with Crippen molar-refractivity contribution < 1.29 is 24.2 Å². The van der Waals surface area contributed by atoms with Gasteiger partial charge >= 0.3 is 5.97 Å². The number of carbonyl (C=O) groups excluding carboxylic acids is 2. The molecule has 1 unspecified atom stereocenters. The Hall–Kier alpha value is -1.63. The number of carboxylic acid groups (broad SMARTS) is 1. The normalized spacial score (nSPS) is 11.9. The van der Waals surface area contributed by atoms with E-state index in [1.165, 1.54) is 7.11 Å². The molecule has 0 spiro atoms. The summed E-state index contributed by atoms with van der Waals surface area (Å²) in [5.74, 6) is -2.38. The van der Waals surface area contributed by atoms with Crippen LogP contribution >= 0.6 is 0 Å². The second-order valence-electron chi connectivity index (χ2n) is 3.87. The van der Waals surface area contributed by atoms with Crippen LogP contribution in [-0.4, -0.2) is 54.6 Å². The van der Waals surface area contributed by atoms with E-state index < -0.39 is 24.3 Å². The highest BCUT2D eigenvalue weighted by Gasteiger charge is 2.20. The van der Waals surface area contributed by atoms with Crippen LogP contribution in [0.5, 0.6) is 0 Å². The summed E-state index contributed by atoms with van der Waals surface area (Å²) in [5, 5.41) is 8.61. The molecule has 0 rings (SSSR count). The van der Waals surface area contributed by atoms with Crippen LogP contribution in [0.3, 0.4) is 0 Å². The molecule has 0 aliphatic rings. The van der Waals surface area contributed by atoms with Crippen LogP contribution in [0.4, 0.5) is 0 Å². The van der Waals surface area contributed by atoms with Crippen molar-refractivity contribution in [2.75, 3.05) is 26.8 Å². The van der Waals surface area contributed by atoms with E-state index in [0.29, 0.717) is 6.61 Å². The summed E-state index contributed by atoms with van der Waals surface area (Å²) >= 11 is 0. The second-order valence-corrected chi connectivity index (χ2v) is 3.87. The third kappa shape index (κ3) is 7.29. The number of rotatable bonds is 8. The number of methoxy groups -OCH3 is 1. The fraction of sp³-hybridized carbons (Fsp3) is 0.700. The summed E-state index contributed by atoms with van der Waals surface area (Å²) in [6.07, 6.45) is 0.119. The summed E-state index contributed by atoms with van der Waals surface area (Å²) in [4.78, 5) is 33.9. The molecule has 0 bridgehead atoms. The van der Waals surface area contributed by atoms with E-state index in [4.69, 9.17) is 15.6 Å². The SMILES string of the molecule is COCC(C)CC(=O)N(CC(N)=O)CC(=O)O. The Bertz CT molecular complexity index is 276. The zero-order chi connectivity index (χ0) is 13.4. The molecule has 0 saturated carbocycles. The van der Waals surface area contributed by atoms with Crippen molar-refractivity contribution in [3.8, 4) is 0 Å². The van der Waals surface area contributed by atoms with Crippen molar-refractivity contribution in [1.29, 1.82) is 0 Å². The first-order chi connectivity index (χ1) is 7.86. The maximum atomic E-state index is 11.7. The minimum atomic E-state index is -1.18. The fourth-order valence-corrected chi connectivity index (χ4v) is 1.35. The molecule has 0 aliphatic carbocycles. The zero-order valence-corrected chi connectivity index (χ0v) is 10.0. The first-order valence-electron chi connectivity index (χ1n) is 5.13. The minimum absolute atomic E-state index is 0.0447. The number of ether oxygens (including phenoxy) is 1. The van der Waals surface area contributed by atoms with E-state index in [0.717, 1.165) is 4.90 Å². The highest BCUT2D eigenvalue weighted by atomic mass is 16.5. The molecule has 0 fully saturated rings. The molecule has 3 N–H and O–H groups in total. The summed E-state index contributed by atoms with van der Waals surface area (Å²) in [6.45, 7) is 1.28. The minimum Gasteiger partial charge on any atom is -0.480 e. The monoisotopic (exact) mass is 246 g/mol. The summed E-state index contributed by atoms with van der Waals surface area (Å²) in [6, 6.07) is 0. The van der Waals surface area contributed by atoms with Crippen LogP contribution in [0.1, 0.15) is 13.3 Å². The first-order valence-corrected chi connectivity index (χ1v) is 5.13. The molecule has 0 saturated heterocycles. The summed E-state index contributed by atoms with van der Waals surface area (Å²) in [7, 11) is 1.51. The lowest BCUT2D eigenvalue weighted by atomic mass is 10.1. The van der Waals surface area contributed by atoms with Gasteiger partial charge in [0.1, 0.15) is 6.54 Å². The van der Waals surface area contributed by atoms with E-state index >= 15 is 0 Å².